The van der Waals surface area contributed by atoms with Crippen molar-refractivity contribution in [2.24, 2.45) is 0 Å². The van der Waals surface area contributed by atoms with E-state index in [1.54, 1.807) is 12.5 Å². The second-order valence-corrected chi connectivity index (χ2v) is 5.43. The number of pyridine rings is 1. The summed E-state index contributed by atoms with van der Waals surface area (Å²) in [6.45, 7) is 0. The van der Waals surface area contributed by atoms with Gasteiger partial charge in [-0.25, -0.2) is 9.97 Å². The Bertz CT molecular complexity index is 1180. The van der Waals surface area contributed by atoms with E-state index in [2.05, 4.69) is 39.2 Å². The van der Waals surface area contributed by atoms with Crippen LogP contribution < -0.4 is 0 Å². The zero-order valence-electron chi connectivity index (χ0n) is 12.1. The first kappa shape index (κ1) is 12.3. The largest absolute Gasteiger partial charge is 0.453 e. The second-order valence-electron chi connectivity index (χ2n) is 5.43. The number of hydrogen-bond donors (Lipinski definition) is 0. The lowest BCUT2D eigenvalue weighted by atomic mass is 10.0. The Labute approximate surface area is 131 Å². The number of hydrogen-bond acceptors (Lipinski definition) is 4. The van der Waals surface area contributed by atoms with E-state index in [0.29, 0.717) is 5.58 Å². The maximum atomic E-state index is 5.85. The molecule has 3 aromatic heterocycles. The smallest absolute Gasteiger partial charge is 0.172 e. The highest BCUT2D eigenvalue weighted by Crippen LogP contribution is 2.35. The molecule has 0 unspecified atom stereocenters. The minimum atomic E-state index is 0.690. The maximum absolute atomic E-state index is 5.85. The van der Waals surface area contributed by atoms with Crippen molar-refractivity contribution in [2.45, 2.75) is 0 Å². The van der Waals surface area contributed by atoms with E-state index >= 15 is 0 Å². The van der Waals surface area contributed by atoms with Crippen LogP contribution >= 0.6 is 0 Å². The Morgan fingerprint density at radius 2 is 1.70 bits per heavy atom. The molecule has 0 spiro atoms. The Kier molecular flexibility index (Phi) is 2.46. The summed E-state index contributed by atoms with van der Waals surface area (Å²) in [5, 5.41) is 3.27. The van der Waals surface area contributed by atoms with Gasteiger partial charge in [-0.3, -0.25) is 4.98 Å². The normalized spacial score (nSPS) is 11.5. The van der Waals surface area contributed by atoms with Crippen LogP contribution in [0, 0.1) is 0 Å². The fraction of sp³-hybridized carbons (Fsp3) is 0. The molecule has 0 saturated carbocycles. The van der Waals surface area contributed by atoms with E-state index in [-0.39, 0.29) is 0 Å². The van der Waals surface area contributed by atoms with Gasteiger partial charge in [-0.15, -0.1) is 0 Å². The van der Waals surface area contributed by atoms with Crippen molar-refractivity contribution >= 4 is 32.8 Å². The maximum Gasteiger partial charge on any atom is 0.172 e. The zero-order valence-corrected chi connectivity index (χ0v) is 12.1. The number of rotatable bonds is 1. The fourth-order valence-corrected chi connectivity index (χ4v) is 3.00. The molecule has 5 rings (SSSR count). The van der Waals surface area contributed by atoms with Crippen LogP contribution in [0.1, 0.15) is 0 Å². The van der Waals surface area contributed by atoms with Gasteiger partial charge in [0.1, 0.15) is 17.4 Å². The number of benzene rings is 2. The van der Waals surface area contributed by atoms with E-state index in [9.17, 15) is 0 Å². The monoisotopic (exact) mass is 297 g/mol. The first-order chi connectivity index (χ1) is 11.4. The van der Waals surface area contributed by atoms with Crippen LogP contribution in [0.4, 0.5) is 0 Å². The molecule has 4 heteroatoms. The molecule has 23 heavy (non-hydrogen) atoms. The highest BCUT2D eigenvalue weighted by atomic mass is 16.3. The third-order valence-corrected chi connectivity index (χ3v) is 4.07. The van der Waals surface area contributed by atoms with Gasteiger partial charge >= 0.3 is 0 Å². The first-order valence-corrected chi connectivity index (χ1v) is 7.36. The molecule has 0 radical (unpaired) electrons. The SMILES string of the molecule is c1ccc2cc(-c3cccc4oc5cncnc5c34)ncc2c1. The van der Waals surface area contributed by atoms with Crippen LogP contribution in [0.15, 0.2) is 71.7 Å². The van der Waals surface area contributed by atoms with Crippen molar-refractivity contribution in [3.05, 3.63) is 67.3 Å². The van der Waals surface area contributed by atoms with Gasteiger partial charge in [-0.2, -0.15) is 0 Å². The molecule has 0 fully saturated rings. The topological polar surface area (TPSA) is 51.8 Å². The molecule has 0 atom stereocenters. The first-order valence-electron chi connectivity index (χ1n) is 7.36. The van der Waals surface area contributed by atoms with Crippen LogP contribution in [0.2, 0.25) is 0 Å². The van der Waals surface area contributed by atoms with Gasteiger partial charge in [0.15, 0.2) is 5.58 Å². The average molecular weight is 297 g/mol. The van der Waals surface area contributed by atoms with Crippen LogP contribution in [0.5, 0.6) is 0 Å². The lowest BCUT2D eigenvalue weighted by molar-refractivity contribution is 0.665. The molecule has 5 aromatic rings. The summed E-state index contributed by atoms with van der Waals surface area (Å²) < 4.78 is 5.85. The molecular formula is C19H11N3O. The van der Waals surface area contributed by atoms with Crippen molar-refractivity contribution < 1.29 is 4.42 Å². The molecule has 0 aliphatic heterocycles. The lowest BCUT2D eigenvalue weighted by Crippen LogP contribution is -1.86. The molecular weight excluding hydrogens is 286 g/mol. The van der Waals surface area contributed by atoms with Crippen molar-refractivity contribution in [3.8, 4) is 11.3 Å². The molecule has 0 N–H and O–H groups in total. The summed E-state index contributed by atoms with van der Waals surface area (Å²) in [7, 11) is 0. The molecule has 108 valence electrons. The Hall–Kier alpha value is -3.27. The highest BCUT2D eigenvalue weighted by Gasteiger charge is 2.14. The van der Waals surface area contributed by atoms with Gasteiger partial charge in [-0.05, 0) is 17.5 Å². The van der Waals surface area contributed by atoms with Gasteiger partial charge in [0, 0.05) is 17.1 Å². The minimum absolute atomic E-state index is 0.690. The quantitative estimate of drug-likeness (QED) is 0.454. The predicted molar refractivity (Wildman–Crippen MR) is 90.0 cm³/mol. The minimum Gasteiger partial charge on any atom is -0.453 e. The summed E-state index contributed by atoms with van der Waals surface area (Å²) in [4.78, 5) is 13.0. The van der Waals surface area contributed by atoms with Crippen molar-refractivity contribution in [2.75, 3.05) is 0 Å². The second kappa shape index (κ2) is 4.61. The summed E-state index contributed by atoms with van der Waals surface area (Å²) >= 11 is 0. The van der Waals surface area contributed by atoms with E-state index in [1.165, 1.54) is 0 Å². The molecule has 4 nitrogen and oxygen atoms in total. The van der Waals surface area contributed by atoms with E-state index in [1.807, 2.05) is 30.5 Å². The van der Waals surface area contributed by atoms with E-state index < -0.39 is 0 Å². The van der Waals surface area contributed by atoms with Crippen molar-refractivity contribution in [1.29, 1.82) is 0 Å². The molecule has 2 aromatic carbocycles. The third kappa shape index (κ3) is 1.82. The molecule has 0 saturated heterocycles. The number of aromatic nitrogens is 3. The molecule has 0 aliphatic carbocycles. The van der Waals surface area contributed by atoms with Crippen molar-refractivity contribution in [1.82, 2.24) is 15.0 Å². The van der Waals surface area contributed by atoms with Gasteiger partial charge in [0.05, 0.1) is 17.3 Å². The summed E-state index contributed by atoms with van der Waals surface area (Å²) in [6.07, 6.45) is 5.14. The van der Waals surface area contributed by atoms with Gasteiger partial charge < -0.3 is 4.42 Å². The third-order valence-electron chi connectivity index (χ3n) is 4.07. The standard InChI is InChI=1S/C19H11N3O/c1-2-5-13-9-21-15(8-12(13)4-1)14-6-3-7-16-18(14)19-17(23-16)10-20-11-22-19/h1-11H. The van der Waals surface area contributed by atoms with Crippen LogP contribution in [-0.2, 0) is 0 Å². The summed E-state index contributed by atoms with van der Waals surface area (Å²) in [6, 6.07) is 16.3. The summed E-state index contributed by atoms with van der Waals surface area (Å²) in [5.41, 5.74) is 4.24. The van der Waals surface area contributed by atoms with E-state index in [0.717, 1.165) is 38.5 Å². The van der Waals surface area contributed by atoms with Crippen molar-refractivity contribution in [3.63, 3.8) is 0 Å². The Morgan fingerprint density at radius 1 is 0.783 bits per heavy atom. The number of furan rings is 1. The van der Waals surface area contributed by atoms with Gasteiger partial charge in [-0.1, -0.05) is 36.4 Å². The molecule has 3 heterocycles. The van der Waals surface area contributed by atoms with Gasteiger partial charge in [0.2, 0.25) is 0 Å². The number of nitrogens with zero attached hydrogens (tertiary/aromatic N) is 3. The Balaban J connectivity index is 1.87. The predicted octanol–water partition coefficient (Wildman–Crippen LogP) is 4.59. The lowest BCUT2D eigenvalue weighted by Gasteiger charge is -2.04. The fourth-order valence-electron chi connectivity index (χ4n) is 3.00. The van der Waals surface area contributed by atoms with Gasteiger partial charge in [0.25, 0.3) is 0 Å². The van der Waals surface area contributed by atoms with Crippen LogP contribution in [0.3, 0.4) is 0 Å². The molecule has 0 bridgehead atoms. The Morgan fingerprint density at radius 3 is 2.65 bits per heavy atom. The zero-order chi connectivity index (χ0) is 15.2. The summed E-state index contributed by atoms with van der Waals surface area (Å²) in [5.74, 6) is 0. The number of fused-ring (bicyclic) bond motifs is 4. The van der Waals surface area contributed by atoms with Crippen LogP contribution in [0.25, 0.3) is 44.1 Å². The van der Waals surface area contributed by atoms with Crippen LogP contribution in [-0.4, -0.2) is 15.0 Å². The molecule has 0 aliphatic rings. The highest BCUT2D eigenvalue weighted by molar-refractivity contribution is 6.10. The molecule has 0 amide bonds. The average Bonchev–Trinajstić information content (AvgIpc) is 3.00. The van der Waals surface area contributed by atoms with E-state index in [4.69, 9.17) is 4.42 Å².